The predicted molar refractivity (Wildman–Crippen MR) is 85.8 cm³/mol. The van der Waals surface area contributed by atoms with Crippen LogP contribution in [0.4, 0.5) is 0 Å². The van der Waals surface area contributed by atoms with E-state index < -0.39 is 7.92 Å². The molecule has 3 rings (SSSR count). The van der Waals surface area contributed by atoms with E-state index in [1.165, 1.54) is 10.6 Å². The average molecular weight is 279 g/mol. The minimum atomic E-state index is -0.629. The van der Waals surface area contributed by atoms with Crippen LogP contribution in [0.2, 0.25) is 0 Å². The summed E-state index contributed by atoms with van der Waals surface area (Å²) in [7, 11) is -0.629. The Kier molecular flexibility index (Phi) is 3.76. The molecule has 0 saturated carbocycles. The van der Waals surface area contributed by atoms with Crippen LogP contribution in [0.15, 0.2) is 83.8 Å². The number of hydrogen-bond acceptors (Lipinski definition) is 1. The molecule has 1 heterocycles. The van der Waals surface area contributed by atoms with Crippen LogP contribution >= 0.6 is 7.92 Å². The largest absolute Gasteiger partial charge is 0.328 e. The molecular formula is C17H14NOP. The Morgan fingerprint density at radius 1 is 0.650 bits per heavy atom. The van der Waals surface area contributed by atoms with Gasteiger partial charge in [0.15, 0.2) is 0 Å². The summed E-state index contributed by atoms with van der Waals surface area (Å²) in [5.41, 5.74) is -0.0650. The molecule has 0 aliphatic carbocycles. The van der Waals surface area contributed by atoms with Gasteiger partial charge >= 0.3 is 0 Å². The van der Waals surface area contributed by atoms with Crippen LogP contribution < -0.4 is 21.5 Å². The first-order valence-corrected chi connectivity index (χ1v) is 7.78. The second-order valence-corrected chi connectivity index (χ2v) is 6.64. The topological polar surface area (TPSA) is 32.9 Å². The lowest BCUT2D eigenvalue weighted by Gasteiger charge is -2.18. The van der Waals surface area contributed by atoms with Gasteiger partial charge in [0.25, 0.3) is 0 Å². The molecule has 20 heavy (non-hydrogen) atoms. The maximum atomic E-state index is 11.3. The molecule has 0 saturated heterocycles. The van der Waals surface area contributed by atoms with Crippen molar-refractivity contribution >= 4 is 23.8 Å². The SMILES string of the molecule is O=c1ccc(P(c2ccccc2)c2ccccc2)c[nH]1. The molecular weight excluding hydrogens is 265 g/mol. The van der Waals surface area contributed by atoms with Crippen LogP contribution in [-0.2, 0) is 0 Å². The molecule has 0 atom stereocenters. The van der Waals surface area contributed by atoms with Gasteiger partial charge in [-0.15, -0.1) is 0 Å². The molecule has 0 aliphatic rings. The molecule has 3 heteroatoms. The van der Waals surface area contributed by atoms with E-state index in [9.17, 15) is 4.79 Å². The fraction of sp³-hybridized carbons (Fsp3) is 0. The zero-order chi connectivity index (χ0) is 13.8. The molecule has 0 amide bonds. The Morgan fingerprint density at radius 3 is 1.65 bits per heavy atom. The Bertz CT molecular complexity index is 678. The van der Waals surface area contributed by atoms with Crippen molar-refractivity contribution in [3.8, 4) is 0 Å². The normalized spacial score (nSPS) is 10.7. The van der Waals surface area contributed by atoms with E-state index in [4.69, 9.17) is 0 Å². The highest BCUT2D eigenvalue weighted by Gasteiger charge is 2.15. The molecule has 0 aliphatic heterocycles. The van der Waals surface area contributed by atoms with E-state index in [1.807, 2.05) is 24.4 Å². The van der Waals surface area contributed by atoms with Crippen molar-refractivity contribution in [2.45, 2.75) is 0 Å². The highest BCUT2D eigenvalue weighted by atomic mass is 31.1. The Labute approximate surface area is 118 Å². The van der Waals surface area contributed by atoms with Crippen LogP contribution in [0, 0.1) is 0 Å². The summed E-state index contributed by atoms with van der Waals surface area (Å²) < 4.78 is 0. The molecule has 2 aromatic carbocycles. The first kappa shape index (κ1) is 12.8. The Hall–Kier alpha value is -2.18. The van der Waals surface area contributed by atoms with Gasteiger partial charge in [-0.3, -0.25) is 4.79 Å². The van der Waals surface area contributed by atoms with E-state index >= 15 is 0 Å². The van der Waals surface area contributed by atoms with Gasteiger partial charge in [0.05, 0.1) is 0 Å². The van der Waals surface area contributed by atoms with E-state index in [0.29, 0.717) is 0 Å². The first-order valence-electron chi connectivity index (χ1n) is 6.43. The third-order valence-corrected chi connectivity index (χ3v) is 5.48. The van der Waals surface area contributed by atoms with Crippen molar-refractivity contribution in [2.24, 2.45) is 0 Å². The fourth-order valence-electron chi connectivity index (χ4n) is 2.14. The predicted octanol–water partition coefficient (Wildman–Crippen LogP) is 2.13. The molecule has 2 nitrogen and oxygen atoms in total. The number of hydrogen-bond donors (Lipinski definition) is 1. The number of aromatic amines is 1. The van der Waals surface area contributed by atoms with Gasteiger partial charge in [0, 0.05) is 17.6 Å². The fourth-order valence-corrected chi connectivity index (χ4v) is 4.40. The van der Waals surface area contributed by atoms with Crippen molar-refractivity contribution in [3.63, 3.8) is 0 Å². The number of rotatable bonds is 3. The van der Waals surface area contributed by atoms with E-state index in [-0.39, 0.29) is 5.56 Å². The number of aromatic nitrogens is 1. The third kappa shape index (κ3) is 2.71. The molecule has 0 spiro atoms. The number of pyridine rings is 1. The van der Waals surface area contributed by atoms with Crippen molar-refractivity contribution in [3.05, 3.63) is 89.3 Å². The summed E-state index contributed by atoms with van der Waals surface area (Å²) in [4.78, 5) is 14.0. The molecule has 0 unspecified atom stereocenters. The second kappa shape index (κ2) is 5.85. The molecule has 98 valence electrons. The van der Waals surface area contributed by atoms with E-state index in [0.717, 1.165) is 5.30 Å². The maximum absolute atomic E-state index is 11.3. The summed E-state index contributed by atoms with van der Waals surface area (Å²) in [6.45, 7) is 0. The van der Waals surface area contributed by atoms with Crippen molar-refractivity contribution in [1.29, 1.82) is 0 Å². The molecule has 0 bridgehead atoms. The number of benzene rings is 2. The van der Waals surface area contributed by atoms with Gasteiger partial charge in [-0.2, -0.15) is 0 Å². The van der Waals surface area contributed by atoms with Gasteiger partial charge < -0.3 is 4.98 Å². The first-order chi connectivity index (χ1) is 9.84. The standard InChI is InChI=1S/C17H14NOP/c19-17-12-11-16(13-18-17)20(14-7-3-1-4-8-14)15-9-5-2-6-10-15/h1-13H,(H,18,19). The van der Waals surface area contributed by atoms with Gasteiger partial charge in [0.1, 0.15) is 0 Å². The van der Waals surface area contributed by atoms with Gasteiger partial charge in [0.2, 0.25) is 5.56 Å². The van der Waals surface area contributed by atoms with Crippen LogP contribution in [0.1, 0.15) is 0 Å². The van der Waals surface area contributed by atoms with Crippen molar-refractivity contribution < 1.29 is 0 Å². The molecule has 0 fully saturated rings. The quantitative estimate of drug-likeness (QED) is 0.732. The summed E-state index contributed by atoms with van der Waals surface area (Å²) in [5, 5.41) is 3.71. The minimum absolute atomic E-state index is 0.0650. The van der Waals surface area contributed by atoms with Crippen LogP contribution in [-0.4, -0.2) is 4.98 Å². The lowest BCUT2D eigenvalue weighted by molar-refractivity contribution is 1.26. The zero-order valence-corrected chi connectivity index (χ0v) is 11.8. The zero-order valence-electron chi connectivity index (χ0n) is 10.9. The summed E-state index contributed by atoms with van der Waals surface area (Å²) in [6.07, 6.45) is 1.83. The van der Waals surface area contributed by atoms with Crippen molar-refractivity contribution in [1.82, 2.24) is 4.98 Å². The minimum Gasteiger partial charge on any atom is -0.328 e. The number of nitrogens with one attached hydrogen (secondary N) is 1. The molecule has 3 aromatic rings. The van der Waals surface area contributed by atoms with Crippen molar-refractivity contribution in [2.75, 3.05) is 0 Å². The monoisotopic (exact) mass is 279 g/mol. The average Bonchev–Trinajstić information content (AvgIpc) is 2.52. The molecule has 0 radical (unpaired) electrons. The van der Waals surface area contributed by atoms with E-state index in [2.05, 4.69) is 53.5 Å². The van der Waals surface area contributed by atoms with E-state index in [1.54, 1.807) is 6.07 Å². The Balaban J connectivity index is 2.13. The van der Waals surface area contributed by atoms with Crippen LogP contribution in [0.3, 0.4) is 0 Å². The maximum Gasteiger partial charge on any atom is 0.247 e. The lowest BCUT2D eigenvalue weighted by Crippen LogP contribution is -2.22. The molecule has 1 N–H and O–H groups in total. The highest BCUT2D eigenvalue weighted by Crippen LogP contribution is 2.31. The third-order valence-electron chi connectivity index (χ3n) is 3.05. The van der Waals surface area contributed by atoms with Gasteiger partial charge in [-0.05, 0) is 24.6 Å². The van der Waals surface area contributed by atoms with Gasteiger partial charge in [-0.1, -0.05) is 60.7 Å². The van der Waals surface area contributed by atoms with Crippen LogP contribution in [0.25, 0.3) is 0 Å². The van der Waals surface area contributed by atoms with Crippen LogP contribution in [0.5, 0.6) is 0 Å². The summed E-state index contributed by atoms with van der Waals surface area (Å²) >= 11 is 0. The lowest BCUT2D eigenvalue weighted by atomic mass is 10.4. The van der Waals surface area contributed by atoms with Gasteiger partial charge in [-0.25, -0.2) is 0 Å². The smallest absolute Gasteiger partial charge is 0.247 e. The highest BCUT2D eigenvalue weighted by molar-refractivity contribution is 7.79. The Morgan fingerprint density at radius 2 is 1.20 bits per heavy atom. The molecule has 1 aromatic heterocycles. The second-order valence-electron chi connectivity index (χ2n) is 4.42. The summed E-state index contributed by atoms with van der Waals surface area (Å²) in [5.74, 6) is 0. The summed E-state index contributed by atoms with van der Waals surface area (Å²) in [6, 6.07) is 24.4. The number of H-pyrrole nitrogens is 1.